The number of hydrogen-bond donors (Lipinski definition) is 1. The number of nitrogens with two attached hydrogens (primary N) is 1. The van der Waals surface area contributed by atoms with Crippen molar-refractivity contribution in [2.45, 2.75) is 38.6 Å². The highest BCUT2D eigenvalue weighted by molar-refractivity contribution is 4.97. The third-order valence-corrected chi connectivity index (χ3v) is 1.79. The molecule has 0 saturated heterocycles. The Bertz CT molecular complexity index is 145. The molecule has 11 heavy (non-hydrogen) atoms. The summed E-state index contributed by atoms with van der Waals surface area (Å²) in [5.41, 5.74) is 6.88. The Morgan fingerprint density at radius 3 is 2.55 bits per heavy atom. The van der Waals surface area contributed by atoms with E-state index < -0.39 is 0 Å². The molecule has 0 aliphatic rings. The van der Waals surface area contributed by atoms with E-state index in [9.17, 15) is 0 Å². The lowest BCUT2D eigenvalue weighted by atomic mass is 9.95. The van der Waals surface area contributed by atoms with Gasteiger partial charge in [0.25, 0.3) is 0 Å². The maximum absolute atomic E-state index is 5.85. The van der Waals surface area contributed by atoms with Crippen molar-refractivity contribution >= 4 is 0 Å². The molecule has 0 bridgehead atoms. The Morgan fingerprint density at radius 1 is 1.64 bits per heavy atom. The Morgan fingerprint density at radius 2 is 2.18 bits per heavy atom. The summed E-state index contributed by atoms with van der Waals surface area (Å²) in [4.78, 5) is 0. The van der Waals surface area contributed by atoms with Gasteiger partial charge >= 0.3 is 0 Å². The molecule has 0 rings (SSSR count). The predicted octanol–water partition coefficient (Wildman–Crippen LogP) is 2.64. The van der Waals surface area contributed by atoms with E-state index in [-0.39, 0.29) is 5.54 Å². The van der Waals surface area contributed by atoms with Gasteiger partial charge in [-0.15, -0.1) is 13.2 Å². The smallest absolute Gasteiger partial charge is 0.0307 e. The lowest BCUT2D eigenvalue weighted by Gasteiger charge is -2.19. The topological polar surface area (TPSA) is 26.0 Å². The van der Waals surface area contributed by atoms with Crippen molar-refractivity contribution in [2.24, 2.45) is 5.73 Å². The molecule has 0 aromatic heterocycles. The van der Waals surface area contributed by atoms with Gasteiger partial charge in [0.05, 0.1) is 0 Å². The second-order valence-electron chi connectivity index (χ2n) is 3.52. The fourth-order valence-electron chi connectivity index (χ4n) is 0.873. The van der Waals surface area contributed by atoms with Gasteiger partial charge in [0.1, 0.15) is 0 Å². The van der Waals surface area contributed by atoms with Crippen LogP contribution >= 0.6 is 0 Å². The van der Waals surface area contributed by atoms with Crippen LogP contribution in [0.5, 0.6) is 0 Å². The number of allylic oxidation sites excluding steroid dienone is 1. The van der Waals surface area contributed by atoms with Crippen molar-refractivity contribution < 1.29 is 0 Å². The molecule has 1 atom stereocenters. The van der Waals surface area contributed by atoms with Crippen molar-refractivity contribution in [1.29, 1.82) is 0 Å². The van der Waals surface area contributed by atoms with Crippen LogP contribution in [0, 0.1) is 0 Å². The molecule has 1 unspecified atom stereocenters. The molecule has 0 saturated carbocycles. The van der Waals surface area contributed by atoms with E-state index in [0.29, 0.717) is 0 Å². The van der Waals surface area contributed by atoms with Crippen LogP contribution in [0.1, 0.15) is 33.1 Å². The van der Waals surface area contributed by atoms with Crippen LogP contribution in [0.25, 0.3) is 0 Å². The number of rotatable bonds is 5. The SMILES string of the molecule is C=CC(C)(N)CCCC(=C)C. The van der Waals surface area contributed by atoms with Crippen LogP contribution in [-0.4, -0.2) is 5.54 Å². The molecular weight excluding hydrogens is 134 g/mol. The van der Waals surface area contributed by atoms with Crippen molar-refractivity contribution in [3.63, 3.8) is 0 Å². The molecular formula is C10H19N. The Hall–Kier alpha value is -0.560. The third kappa shape index (κ3) is 5.86. The van der Waals surface area contributed by atoms with Crippen LogP contribution in [0.3, 0.4) is 0 Å². The summed E-state index contributed by atoms with van der Waals surface area (Å²) in [7, 11) is 0. The van der Waals surface area contributed by atoms with Gasteiger partial charge in [-0.2, -0.15) is 0 Å². The highest BCUT2D eigenvalue weighted by Gasteiger charge is 2.11. The zero-order valence-electron chi connectivity index (χ0n) is 7.69. The van der Waals surface area contributed by atoms with Gasteiger partial charge < -0.3 is 5.73 Å². The molecule has 0 aromatic carbocycles. The predicted molar refractivity (Wildman–Crippen MR) is 51.5 cm³/mol. The van der Waals surface area contributed by atoms with Crippen LogP contribution in [0.15, 0.2) is 24.8 Å². The van der Waals surface area contributed by atoms with Crippen LogP contribution in [-0.2, 0) is 0 Å². The largest absolute Gasteiger partial charge is 0.322 e. The minimum Gasteiger partial charge on any atom is -0.322 e. The first-order valence-electron chi connectivity index (χ1n) is 4.05. The average Bonchev–Trinajstić information content (AvgIpc) is 1.87. The van der Waals surface area contributed by atoms with E-state index in [1.807, 2.05) is 19.9 Å². The summed E-state index contributed by atoms with van der Waals surface area (Å²) in [6.07, 6.45) is 4.98. The molecule has 0 spiro atoms. The maximum Gasteiger partial charge on any atom is 0.0307 e. The minimum atomic E-state index is -0.199. The van der Waals surface area contributed by atoms with Gasteiger partial charge in [0, 0.05) is 5.54 Å². The lowest BCUT2D eigenvalue weighted by Crippen LogP contribution is -2.32. The molecule has 1 heteroatoms. The van der Waals surface area contributed by atoms with E-state index in [4.69, 9.17) is 5.73 Å². The van der Waals surface area contributed by atoms with E-state index in [2.05, 4.69) is 13.2 Å². The van der Waals surface area contributed by atoms with E-state index in [1.165, 1.54) is 5.57 Å². The van der Waals surface area contributed by atoms with Gasteiger partial charge in [-0.3, -0.25) is 0 Å². The van der Waals surface area contributed by atoms with Crippen LogP contribution in [0.2, 0.25) is 0 Å². The second-order valence-corrected chi connectivity index (χ2v) is 3.52. The van der Waals surface area contributed by atoms with Gasteiger partial charge in [-0.05, 0) is 33.1 Å². The first-order chi connectivity index (χ1) is 4.98. The Balaban J connectivity index is 3.53. The third-order valence-electron chi connectivity index (χ3n) is 1.79. The van der Waals surface area contributed by atoms with E-state index in [1.54, 1.807) is 0 Å². The molecule has 0 amide bonds. The Kier molecular flexibility index (Phi) is 4.12. The lowest BCUT2D eigenvalue weighted by molar-refractivity contribution is 0.511. The highest BCUT2D eigenvalue weighted by Crippen LogP contribution is 2.13. The van der Waals surface area contributed by atoms with E-state index >= 15 is 0 Å². The van der Waals surface area contributed by atoms with Crippen molar-refractivity contribution in [2.75, 3.05) is 0 Å². The first kappa shape index (κ1) is 10.4. The number of hydrogen-bond acceptors (Lipinski definition) is 1. The first-order valence-corrected chi connectivity index (χ1v) is 4.05. The molecule has 0 fully saturated rings. The van der Waals surface area contributed by atoms with Crippen molar-refractivity contribution in [3.8, 4) is 0 Å². The van der Waals surface area contributed by atoms with Crippen molar-refractivity contribution in [3.05, 3.63) is 24.8 Å². The van der Waals surface area contributed by atoms with Crippen LogP contribution in [0.4, 0.5) is 0 Å². The maximum atomic E-state index is 5.85. The zero-order valence-corrected chi connectivity index (χ0v) is 7.69. The Labute approximate surface area is 70.0 Å². The summed E-state index contributed by atoms with van der Waals surface area (Å²) in [6, 6.07) is 0. The summed E-state index contributed by atoms with van der Waals surface area (Å²) in [5, 5.41) is 0. The quantitative estimate of drug-likeness (QED) is 0.604. The van der Waals surface area contributed by atoms with Gasteiger partial charge in [0.15, 0.2) is 0 Å². The fourth-order valence-corrected chi connectivity index (χ4v) is 0.873. The van der Waals surface area contributed by atoms with Crippen LogP contribution < -0.4 is 5.73 Å². The van der Waals surface area contributed by atoms with Gasteiger partial charge in [-0.25, -0.2) is 0 Å². The van der Waals surface area contributed by atoms with Gasteiger partial charge in [-0.1, -0.05) is 11.6 Å². The van der Waals surface area contributed by atoms with E-state index in [0.717, 1.165) is 19.3 Å². The molecule has 0 aliphatic heterocycles. The summed E-state index contributed by atoms with van der Waals surface area (Å²) < 4.78 is 0. The van der Waals surface area contributed by atoms with Crippen molar-refractivity contribution in [1.82, 2.24) is 0 Å². The molecule has 0 aliphatic carbocycles. The molecule has 0 radical (unpaired) electrons. The normalized spacial score (nSPS) is 15.5. The molecule has 0 aromatic rings. The summed E-state index contributed by atoms with van der Waals surface area (Å²) in [5.74, 6) is 0. The highest BCUT2D eigenvalue weighted by atomic mass is 14.7. The zero-order chi connectivity index (χ0) is 8.91. The fraction of sp³-hybridized carbons (Fsp3) is 0.600. The molecule has 64 valence electrons. The second kappa shape index (κ2) is 4.35. The molecule has 1 nitrogen and oxygen atoms in total. The minimum absolute atomic E-state index is 0.199. The summed E-state index contributed by atoms with van der Waals surface area (Å²) >= 11 is 0. The standard InChI is InChI=1S/C10H19N/c1-5-10(4,11)8-6-7-9(2)3/h5H,1-2,6-8,11H2,3-4H3. The molecule has 2 N–H and O–H groups in total. The molecule has 0 heterocycles. The summed E-state index contributed by atoms with van der Waals surface area (Å²) in [6.45, 7) is 11.6. The average molecular weight is 153 g/mol. The monoisotopic (exact) mass is 153 g/mol. The van der Waals surface area contributed by atoms with Gasteiger partial charge in [0.2, 0.25) is 0 Å².